The van der Waals surface area contributed by atoms with Crippen molar-refractivity contribution in [3.63, 3.8) is 0 Å². The van der Waals surface area contributed by atoms with E-state index in [1.807, 2.05) is 32.0 Å². The molecule has 1 heterocycles. The van der Waals surface area contributed by atoms with E-state index in [0.717, 1.165) is 5.56 Å². The van der Waals surface area contributed by atoms with Gasteiger partial charge in [0.05, 0.1) is 6.04 Å². The smallest absolute Gasteiger partial charge is 0.252 e. The monoisotopic (exact) mass is 230 g/mol. The van der Waals surface area contributed by atoms with E-state index in [9.17, 15) is 4.79 Å². The minimum Gasteiger partial charge on any atom is -0.342 e. The third kappa shape index (κ3) is 2.50. The Balaban J connectivity index is 2.10. The molecule has 0 bridgehead atoms. The number of hydrogen-bond donors (Lipinski definition) is 2. The SMILES string of the molecule is Cc1ccccc1C(=O)NC(C)c1ncn[nH]1. The van der Waals surface area contributed by atoms with E-state index in [1.165, 1.54) is 6.33 Å². The Kier molecular flexibility index (Phi) is 3.18. The highest BCUT2D eigenvalue weighted by Crippen LogP contribution is 2.10. The fourth-order valence-electron chi connectivity index (χ4n) is 1.59. The van der Waals surface area contributed by atoms with Crippen molar-refractivity contribution in [3.8, 4) is 0 Å². The number of aromatic nitrogens is 3. The van der Waals surface area contributed by atoms with Crippen LogP contribution in [0.25, 0.3) is 0 Å². The molecule has 0 fully saturated rings. The van der Waals surface area contributed by atoms with Gasteiger partial charge in [-0.25, -0.2) is 4.98 Å². The van der Waals surface area contributed by atoms with Crippen LogP contribution in [-0.4, -0.2) is 21.1 Å². The highest BCUT2D eigenvalue weighted by Gasteiger charge is 2.14. The van der Waals surface area contributed by atoms with Crippen LogP contribution in [0, 0.1) is 6.92 Å². The molecule has 0 aliphatic rings. The average molecular weight is 230 g/mol. The summed E-state index contributed by atoms with van der Waals surface area (Å²) in [6.45, 7) is 3.77. The van der Waals surface area contributed by atoms with Gasteiger partial charge in [0, 0.05) is 5.56 Å². The minimum atomic E-state index is -0.190. The van der Waals surface area contributed by atoms with Crippen molar-refractivity contribution >= 4 is 5.91 Å². The van der Waals surface area contributed by atoms with E-state index >= 15 is 0 Å². The Bertz CT molecular complexity index is 507. The van der Waals surface area contributed by atoms with Crippen molar-refractivity contribution in [1.82, 2.24) is 20.5 Å². The Labute approximate surface area is 99.3 Å². The number of carbonyl (C=O) groups is 1. The number of aromatic amines is 1. The van der Waals surface area contributed by atoms with Gasteiger partial charge >= 0.3 is 0 Å². The van der Waals surface area contributed by atoms with Crippen molar-refractivity contribution in [2.45, 2.75) is 19.9 Å². The number of amides is 1. The zero-order valence-electron chi connectivity index (χ0n) is 9.77. The van der Waals surface area contributed by atoms with Crippen molar-refractivity contribution in [2.24, 2.45) is 0 Å². The van der Waals surface area contributed by atoms with Gasteiger partial charge in [0.2, 0.25) is 0 Å². The first kappa shape index (κ1) is 11.3. The second kappa shape index (κ2) is 4.78. The lowest BCUT2D eigenvalue weighted by molar-refractivity contribution is 0.0937. The highest BCUT2D eigenvalue weighted by atomic mass is 16.1. The average Bonchev–Trinajstić information content (AvgIpc) is 2.82. The second-order valence-electron chi connectivity index (χ2n) is 3.88. The number of nitrogens with zero attached hydrogens (tertiary/aromatic N) is 2. The lowest BCUT2D eigenvalue weighted by Crippen LogP contribution is -2.27. The molecule has 1 amide bonds. The lowest BCUT2D eigenvalue weighted by Gasteiger charge is -2.12. The number of aryl methyl sites for hydroxylation is 1. The summed E-state index contributed by atoms with van der Waals surface area (Å²) in [5.74, 6) is 0.541. The largest absolute Gasteiger partial charge is 0.342 e. The maximum absolute atomic E-state index is 12.0. The van der Waals surface area contributed by atoms with Crippen LogP contribution in [0.1, 0.15) is 34.7 Å². The molecule has 88 valence electrons. The number of rotatable bonds is 3. The van der Waals surface area contributed by atoms with Gasteiger partial charge in [-0.2, -0.15) is 5.10 Å². The number of benzene rings is 1. The Morgan fingerprint density at radius 2 is 2.18 bits per heavy atom. The second-order valence-corrected chi connectivity index (χ2v) is 3.88. The molecule has 0 saturated carbocycles. The molecule has 5 nitrogen and oxygen atoms in total. The summed E-state index contributed by atoms with van der Waals surface area (Å²) in [5.41, 5.74) is 1.63. The molecule has 0 radical (unpaired) electrons. The standard InChI is InChI=1S/C12H14N4O/c1-8-5-3-4-6-10(8)12(17)15-9(2)11-13-7-14-16-11/h3-7,9H,1-2H3,(H,15,17)(H,13,14,16). The molecule has 0 spiro atoms. The Hall–Kier alpha value is -2.17. The van der Waals surface area contributed by atoms with E-state index in [-0.39, 0.29) is 11.9 Å². The molecule has 1 unspecified atom stereocenters. The zero-order valence-corrected chi connectivity index (χ0v) is 9.77. The van der Waals surface area contributed by atoms with Gasteiger partial charge in [-0.1, -0.05) is 18.2 Å². The third-order valence-electron chi connectivity index (χ3n) is 2.58. The Morgan fingerprint density at radius 3 is 2.82 bits per heavy atom. The van der Waals surface area contributed by atoms with Gasteiger partial charge in [0.15, 0.2) is 0 Å². The summed E-state index contributed by atoms with van der Waals surface area (Å²) in [7, 11) is 0. The molecule has 2 aromatic rings. The molecule has 0 saturated heterocycles. The van der Waals surface area contributed by atoms with Crippen LogP contribution in [0.15, 0.2) is 30.6 Å². The molecule has 1 atom stereocenters. The predicted molar refractivity (Wildman–Crippen MR) is 63.4 cm³/mol. The van der Waals surface area contributed by atoms with Crippen LogP contribution < -0.4 is 5.32 Å². The third-order valence-corrected chi connectivity index (χ3v) is 2.58. The molecule has 1 aromatic heterocycles. The van der Waals surface area contributed by atoms with E-state index < -0.39 is 0 Å². The van der Waals surface area contributed by atoms with E-state index in [1.54, 1.807) is 6.07 Å². The fourth-order valence-corrected chi connectivity index (χ4v) is 1.59. The summed E-state index contributed by atoms with van der Waals surface area (Å²) in [4.78, 5) is 16.0. The quantitative estimate of drug-likeness (QED) is 0.841. The van der Waals surface area contributed by atoms with Crippen LogP contribution in [0.2, 0.25) is 0 Å². The summed E-state index contributed by atoms with van der Waals surface area (Å²) < 4.78 is 0. The molecule has 0 aliphatic heterocycles. The number of H-pyrrole nitrogens is 1. The zero-order chi connectivity index (χ0) is 12.3. The van der Waals surface area contributed by atoms with Gasteiger partial charge in [-0.3, -0.25) is 9.89 Å². The van der Waals surface area contributed by atoms with Crippen LogP contribution in [0.3, 0.4) is 0 Å². The van der Waals surface area contributed by atoms with Gasteiger partial charge in [-0.15, -0.1) is 0 Å². The highest BCUT2D eigenvalue weighted by molar-refractivity contribution is 5.95. The topological polar surface area (TPSA) is 70.7 Å². The van der Waals surface area contributed by atoms with E-state index in [0.29, 0.717) is 11.4 Å². The summed E-state index contributed by atoms with van der Waals surface area (Å²) in [6, 6.07) is 7.28. The number of carbonyl (C=O) groups excluding carboxylic acids is 1. The number of hydrogen-bond acceptors (Lipinski definition) is 3. The minimum absolute atomic E-state index is 0.105. The molecule has 17 heavy (non-hydrogen) atoms. The molecule has 5 heteroatoms. The van der Waals surface area contributed by atoms with Gasteiger partial charge in [0.25, 0.3) is 5.91 Å². The van der Waals surface area contributed by atoms with Crippen LogP contribution in [0.4, 0.5) is 0 Å². The van der Waals surface area contributed by atoms with Crippen LogP contribution in [-0.2, 0) is 0 Å². The molecular weight excluding hydrogens is 216 g/mol. The van der Waals surface area contributed by atoms with E-state index in [4.69, 9.17) is 0 Å². The predicted octanol–water partition coefficient (Wildman–Crippen LogP) is 1.60. The molecular formula is C12H14N4O. The summed E-state index contributed by atoms with van der Waals surface area (Å²) in [6.07, 6.45) is 1.42. The van der Waals surface area contributed by atoms with Gasteiger partial charge in [-0.05, 0) is 25.5 Å². The fraction of sp³-hybridized carbons (Fsp3) is 0.250. The van der Waals surface area contributed by atoms with Crippen molar-refractivity contribution in [1.29, 1.82) is 0 Å². The normalized spacial score (nSPS) is 12.1. The van der Waals surface area contributed by atoms with Crippen LogP contribution >= 0.6 is 0 Å². The van der Waals surface area contributed by atoms with E-state index in [2.05, 4.69) is 20.5 Å². The Morgan fingerprint density at radius 1 is 1.41 bits per heavy atom. The molecule has 2 rings (SSSR count). The van der Waals surface area contributed by atoms with Gasteiger partial charge in [0.1, 0.15) is 12.2 Å². The molecule has 1 aromatic carbocycles. The molecule has 2 N–H and O–H groups in total. The maximum Gasteiger partial charge on any atom is 0.252 e. The number of nitrogens with one attached hydrogen (secondary N) is 2. The van der Waals surface area contributed by atoms with Crippen LogP contribution in [0.5, 0.6) is 0 Å². The van der Waals surface area contributed by atoms with Crippen molar-refractivity contribution in [2.75, 3.05) is 0 Å². The lowest BCUT2D eigenvalue weighted by atomic mass is 10.1. The first-order valence-electron chi connectivity index (χ1n) is 5.40. The first-order chi connectivity index (χ1) is 8.18. The van der Waals surface area contributed by atoms with Crippen molar-refractivity contribution in [3.05, 3.63) is 47.5 Å². The maximum atomic E-state index is 12.0. The molecule has 0 aliphatic carbocycles. The van der Waals surface area contributed by atoms with Crippen molar-refractivity contribution < 1.29 is 4.79 Å². The first-order valence-corrected chi connectivity index (χ1v) is 5.40. The van der Waals surface area contributed by atoms with Gasteiger partial charge < -0.3 is 5.32 Å². The summed E-state index contributed by atoms with van der Waals surface area (Å²) in [5, 5.41) is 9.35. The summed E-state index contributed by atoms with van der Waals surface area (Å²) >= 11 is 0.